The van der Waals surface area contributed by atoms with Crippen LogP contribution in [0.5, 0.6) is 0 Å². The molecule has 0 spiro atoms. The van der Waals surface area contributed by atoms with E-state index in [1.807, 2.05) is 0 Å². The van der Waals surface area contributed by atoms with Crippen LogP contribution < -0.4 is 10.2 Å². The van der Waals surface area contributed by atoms with Crippen molar-refractivity contribution in [1.29, 1.82) is 0 Å². The molecule has 0 radical (unpaired) electrons. The first-order chi connectivity index (χ1) is 9.08. The summed E-state index contributed by atoms with van der Waals surface area (Å²) < 4.78 is 0. The third kappa shape index (κ3) is 3.70. The van der Waals surface area contributed by atoms with Gasteiger partial charge in [0.05, 0.1) is 6.42 Å². The molecular weight excluding hydrogens is 240 g/mol. The Hall–Kier alpha value is -1.55. The summed E-state index contributed by atoms with van der Waals surface area (Å²) in [6.45, 7) is 5.91. The Morgan fingerprint density at radius 3 is 2.63 bits per heavy atom. The summed E-state index contributed by atoms with van der Waals surface area (Å²) in [7, 11) is 0. The van der Waals surface area contributed by atoms with Crippen molar-refractivity contribution in [2.24, 2.45) is 0 Å². The van der Waals surface area contributed by atoms with Crippen LogP contribution in [0.2, 0.25) is 0 Å². The van der Waals surface area contributed by atoms with E-state index >= 15 is 0 Å². The van der Waals surface area contributed by atoms with Gasteiger partial charge in [-0.15, -0.1) is 0 Å². The first-order valence-electron chi connectivity index (χ1n) is 6.90. The molecule has 1 aromatic carbocycles. The molecule has 4 nitrogen and oxygen atoms in total. The average molecular weight is 262 g/mol. The van der Waals surface area contributed by atoms with Crippen LogP contribution in [0.1, 0.15) is 25.8 Å². The molecule has 2 rings (SSSR count). The van der Waals surface area contributed by atoms with E-state index in [0.29, 0.717) is 6.04 Å². The van der Waals surface area contributed by atoms with E-state index in [9.17, 15) is 4.79 Å². The van der Waals surface area contributed by atoms with Crippen molar-refractivity contribution in [1.82, 2.24) is 5.32 Å². The van der Waals surface area contributed by atoms with Crippen molar-refractivity contribution in [2.75, 3.05) is 18.0 Å². The fourth-order valence-electron chi connectivity index (χ4n) is 2.67. The van der Waals surface area contributed by atoms with Crippen LogP contribution in [0, 0.1) is 0 Å². The third-order valence-electron chi connectivity index (χ3n) is 3.59. The fraction of sp³-hybridized carbons (Fsp3) is 0.533. The van der Waals surface area contributed by atoms with Crippen LogP contribution in [0.4, 0.5) is 5.69 Å². The zero-order valence-corrected chi connectivity index (χ0v) is 11.6. The van der Waals surface area contributed by atoms with E-state index < -0.39 is 5.97 Å². The minimum absolute atomic E-state index is 0.0205. The minimum atomic E-state index is -0.743. The molecule has 0 aromatic heterocycles. The third-order valence-corrected chi connectivity index (χ3v) is 3.59. The number of hydrogen-bond donors (Lipinski definition) is 2. The first kappa shape index (κ1) is 13.9. The average Bonchev–Trinajstić information content (AvgIpc) is 2.37. The van der Waals surface area contributed by atoms with Crippen molar-refractivity contribution in [3.63, 3.8) is 0 Å². The predicted molar refractivity (Wildman–Crippen MR) is 76.7 cm³/mol. The van der Waals surface area contributed by atoms with Crippen LogP contribution in [0.3, 0.4) is 0 Å². The molecule has 104 valence electrons. The summed E-state index contributed by atoms with van der Waals surface area (Å²) in [4.78, 5) is 13.1. The van der Waals surface area contributed by atoms with Crippen molar-refractivity contribution in [2.45, 2.75) is 38.8 Å². The van der Waals surface area contributed by atoms with Gasteiger partial charge in [-0.1, -0.05) is 19.1 Å². The van der Waals surface area contributed by atoms with Gasteiger partial charge in [-0.2, -0.15) is 0 Å². The van der Waals surface area contributed by atoms with Crippen molar-refractivity contribution in [3.05, 3.63) is 29.8 Å². The number of hydrogen-bond acceptors (Lipinski definition) is 3. The van der Waals surface area contributed by atoms with Gasteiger partial charge in [0.15, 0.2) is 0 Å². The molecule has 1 fully saturated rings. The second-order valence-corrected chi connectivity index (χ2v) is 5.29. The van der Waals surface area contributed by atoms with Crippen LogP contribution in [-0.2, 0) is 11.2 Å². The van der Waals surface area contributed by atoms with Crippen LogP contribution in [0.25, 0.3) is 0 Å². The Labute approximate surface area is 114 Å². The number of aryl methyl sites for hydroxylation is 1. The molecule has 0 bridgehead atoms. The molecule has 2 N–H and O–H groups in total. The van der Waals surface area contributed by atoms with Gasteiger partial charge < -0.3 is 15.3 Å². The highest BCUT2D eigenvalue weighted by Crippen LogP contribution is 2.19. The lowest BCUT2D eigenvalue weighted by Crippen LogP contribution is -2.56. The minimum Gasteiger partial charge on any atom is -0.481 e. The number of nitrogens with one attached hydrogen (secondary N) is 1. The maximum atomic E-state index is 10.8. The van der Waals surface area contributed by atoms with Crippen molar-refractivity contribution in [3.8, 4) is 0 Å². The van der Waals surface area contributed by atoms with E-state index in [1.54, 1.807) is 0 Å². The number of carboxylic acid groups (broad SMARTS) is 1. The molecule has 1 aliphatic rings. The summed E-state index contributed by atoms with van der Waals surface area (Å²) in [5.41, 5.74) is 2.51. The number of anilines is 1. The highest BCUT2D eigenvalue weighted by molar-refractivity contribution is 5.67. The second kappa shape index (κ2) is 6.06. The number of aliphatic carboxylic acids is 1. The molecule has 0 saturated carbocycles. The molecule has 2 atom stereocenters. The lowest BCUT2D eigenvalue weighted by Gasteiger charge is -2.38. The van der Waals surface area contributed by atoms with Gasteiger partial charge in [-0.25, -0.2) is 0 Å². The van der Waals surface area contributed by atoms with E-state index in [1.165, 1.54) is 11.3 Å². The Bertz CT molecular complexity index is 430. The lowest BCUT2D eigenvalue weighted by atomic mass is 10.1. The fourth-order valence-corrected chi connectivity index (χ4v) is 2.67. The zero-order valence-electron chi connectivity index (χ0n) is 11.6. The maximum absolute atomic E-state index is 10.8. The summed E-state index contributed by atoms with van der Waals surface area (Å²) >= 11 is 0. The predicted octanol–water partition coefficient (Wildman–Crippen LogP) is 1.89. The van der Waals surface area contributed by atoms with E-state index in [0.717, 1.165) is 19.5 Å². The molecule has 0 aliphatic carbocycles. The van der Waals surface area contributed by atoms with Gasteiger partial charge in [-0.3, -0.25) is 4.79 Å². The normalized spacial score (nSPS) is 23.4. The molecule has 1 heterocycles. The number of carboxylic acids is 1. The van der Waals surface area contributed by atoms with Gasteiger partial charge >= 0.3 is 5.97 Å². The topological polar surface area (TPSA) is 52.6 Å². The highest BCUT2D eigenvalue weighted by Gasteiger charge is 2.25. The number of benzene rings is 1. The Morgan fingerprint density at radius 2 is 2.05 bits per heavy atom. The Balaban J connectivity index is 2.07. The summed E-state index contributed by atoms with van der Waals surface area (Å²) in [5.74, 6) is -0.743. The van der Waals surface area contributed by atoms with Gasteiger partial charge in [-0.05, 0) is 31.0 Å². The number of rotatable bonds is 4. The van der Waals surface area contributed by atoms with E-state index in [2.05, 4.69) is 48.3 Å². The highest BCUT2D eigenvalue weighted by atomic mass is 16.4. The molecule has 1 aromatic rings. The van der Waals surface area contributed by atoms with Crippen LogP contribution >= 0.6 is 0 Å². The Morgan fingerprint density at radius 1 is 1.37 bits per heavy atom. The zero-order chi connectivity index (χ0) is 13.8. The molecule has 19 heavy (non-hydrogen) atoms. The largest absolute Gasteiger partial charge is 0.481 e. The molecule has 4 heteroatoms. The van der Waals surface area contributed by atoms with Gasteiger partial charge in [0.1, 0.15) is 0 Å². The van der Waals surface area contributed by atoms with E-state index in [4.69, 9.17) is 5.11 Å². The Kier molecular flexibility index (Phi) is 4.43. The quantitative estimate of drug-likeness (QED) is 0.870. The smallest absolute Gasteiger partial charge is 0.304 e. The van der Waals surface area contributed by atoms with Crippen LogP contribution in [0.15, 0.2) is 24.3 Å². The standard InChI is InChI=1S/C15H22N2O2/c1-3-12-4-6-14(7-5-12)17-9-11(2)16-13(10-17)8-15(18)19/h4-7,11,13,16H,3,8-10H2,1-2H3,(H,18,19). The maximum Gasteiger partial charge on any atom is 0.304 e. The van der Waals surface area contributed by atoms with Crippen molar-refractivity contribution >= 4 is 11.7 Å². The molecule has 1 aliphatic heterocycles. The van der Waals surface area contributed by atoms with E-state index in [-0.39, 0.29) is 12.5 Å². The molecule has 1 saturated heterocycles. The monoisotopic (exact) mass is 262 g/mol. The lowest BCUT2D eigenvalue weighted by molar-refractivity contribution is -0.137. The summed E-state index contributed by atoms with van der Waals surface area (Å²) in [5, 5.41) is 12.3. The summed E-state index contributed by atoms with van der Waals surface area (Å²) in [6.07, 6.45) is 1.22. The second-order valence-electron chi connectivity index (χ2n) is 5.29. The molecular formula is C15H22N2O2. The number of nitrogens with zero attached hydrogens (tertiary/aromatic N) is 1. The number of piperazine rings is 1. The van der Waals surface area contributed by atoms with Gasteiger partial charge in [0.2, 0.25) is 0 Å². The molecule has 2 unspecified atom stereocenters. The molecule has 0 amide bonds. The first-order valence-corrected chi connectivity index (χ1v) is 6.90. The van der Waals surface area contributed by atoms with Crippen molar-refractivity contribution < 1.29 is 9.90 Å². The van der Waals surface area contributed by atoms with Gasteiger partial charge in [0, 0.05) is 30.9 Å². The SMILES string of the molecule is CCc1ccc(N2CC(C)NC(CC(=O)O)C2)cc1. The van der Waals surface area contributed by atoms with Gasteiger partial charge in [0.25, 0.3) is 0 Å². The number of carbonyl (C=O) groups is 1. The summed E-state index contributed by atoms with van der Waals surface area (Å²) in [6, 6.07) is 8.89. The van der Waals surface area contributed by atoms with Crippen LogP contribution in [-0.4, -0.2) is 36.2 Å².